The minimum Gasteiger partial charge on any atom is -0.460 e. The number of rotatable bonds is 9. The Balaban J connectivity index is 0.000000863. The van der Waals surface area contributed by atoms with Gasteiger partial charge >= 0.3 is 5.97 Å². The van der Waals surface area contributed by atoms with Crippen LogP contribution in [-0.2, 0) is 19.1 Å². The van der Waals surface area contributed by atoms with Gasteiger partial charge in [0.15, 0.2) is 0 Å². The normalized spacial score (nSPS) is 29.6. The van der Waals surface area contributed by atoms with Gasteiger partial charge in [-0.15, -0.1) is 0 Å². The second-order valence-electron chi connectivity index (χ2n) is 15.8. The lowest BCUT2D eigenvalue weighted by Gasteiger charge is -2.48. The molecule has 266 valence electrons. The molecule has 6 heteroatoms. The fourth-order valence-corrected chi connectivity index (χ4v) is 8.15. The molecular weight excluding hydrogens is 586 g/mol. The molecule has 2 saturated carbocycles. The number of fused-ring (bicyclic) bond motifs is 1. The number of ether oxygens (including phenoxy) is 2. The SMILES string of the molecule is C=C(CC)CC(C)(O)C1(/C=C(/C)COC(=O)[C@@H]2CCCN2c2ccccc2)C(=O)C(C)[C@H]2C(C[C@H]1C)C2(C)C.CC.COC(C)(C)C. The third-order valence-electron chi connectivity index (χ3n) is 11.0. The number of esters is 1. The van der Waals surface area contributed by atoms with Crippen LogP contribution in [0.2, 0.25) is 0 Å². The number of carbonyl (C=O) groups is 2. The van der Waals surface area contributed by atoms with E-state index in [-0.39, 0.29) is 47.3 Å². The van der Waals surface area contributed by atoms with Gasteiger partial charge < -0.3 is 19.5 Å². The Hall–Kier alpha value is -2.44. The maximum atomic E-state index is 14.5. The summed E-state index contributed by atoms with van der Waals surface area (Å²) in [6.45, 7) is 29.6. The summed E-state index contributed by atoms with van der Waals surface area (Å²) in [5, 5.41) is 12.1. The summed E-state index contributed by atoms with van der Waals surface area (Å²) < 4.78 is 10.8. The number of nitrogens with zero attached hydrogens (tertiary/aromatic N) is 1. The molecule has 2 aliphatic carbocycles. The molecule has 1 N–H and O–H groups in total. The van der Waals surface area contributed by atoms with Crippen LogP contribution in [-0.4, -0.2) is 54.4 Å². The number of hydrogen-bond donors (Lipinski definition) is 1. The highest BCUT2D eigenvalue weighted by atomic mass is 16.5. The first-order valence-electron chi connectivity index (χ1n) is 18.0. The van der Waals surface area contributed by atoms with Crippen molar-refractivity contribution in [3.8, 4) is 0 Å². The first-order valence-corrected chi connectivity index (χ1v) is 18.0. The highest BCUT2D eigenvalue weighted by Crippen LogP contribution is 2.69. The van der Waals surface area contributed by atoms with E-state index in [0.717, 1.165) is 49.1 Å². The van der Waals surface area contributed by atoms with Gasteiger partial charge in [0.2, 0.25) is 0 Å². The van der Waals surface area contributed by atoms with E-state index in [1.165, 1.54) is 0 Å². The van der Waals surface area contributed by atoms with Gasteiger partial charge in [-0.2, -0.15) is 0 Å². The van der Waals surface area contributed by atoms with Crippen molar-refractivity contribution in [1.29, 1.82) is 0 Å². The van der Waals surface area contributed by atoms with Crippen LogP contribution < -0.4 is 4.90 Å². The van der Waals surface area contributed by atoms with Crippen LogP contribution in [0.3, 0.4) is 0 Å². The highest BCUT2D eigenvalue weighted by molar-refractivity contribution is 5.91. The number of benzene rings is 1. The average Bonchev–Trinajstić information content (AvgIpc) is 3.33. The third-order valence-corrected chi connectivity index (χ3v) is 11.0. The number of anilines is 1. The maximum absolute atomic E-state index is 14.5. The molecule has 1 aliphatic heterocycles. The summed E-state index contributed by atoms with van der Waals surface area (Å²) >= 11 is 0. The fourth-order valence-electron chi connectivity index (χ4n) is 8.15. The van der Waals surface area contributed by atoms with Crippen molar-refractivity contribution in [3.63, 3.8) is 0 Å². The van der Waals surface area contributed by atoms with E-state index in [9.17, 15) is 14.7 Å². The predicted molar refractivity (Wildman–Crippen MR) is 195 cm³/mol. The van der Waals surface area contributed by atoms with Crippen molar-refractivity contribution in [1.82, 2.24) is 0 Å². The molecule has 0 bridgehead atoms. The summed E-state index contributed by atoms with van der Waals surface area (Å²) in [6, 6.07) is 9.69. The van der Waals surface area contributed by atoms with Crippen LogP contribution in [0.4, 0.5) is 5.69 Å². The molecule has 6 nitrogen and oxygen atoms in total. The van der Waals surface area contributed by atoms with Gasteiger partial charge in [-0.05, 0) is 108 Å². The fraction of sp³-hybridized carbons (Fsp3) is 0.707. The topological polar surface area (TPSA) is 76.1 Å². The van der Waals surface area contributed by atoms with Gasteiger partial charge in [0.25, 0.3) is 0 Å². The molecule has 0 aromatic heterocycles. The van der Waals surface area contributed by atoms with Crippen molar-refractivity contribution in [2.24, 2.45) is 34.5 Å². The van der Waals surface area contributed by atoms with Crippen LogP contribution >= 0.6 is 0 Å². The molecular formula is C41H67NO5. The molecule has 1 saturated heterocycles. The van der Waals surface area contributed by atoms with E-state index >= 15 is 0 Å². The van der Waals surface area contributed by atoms with Crippen LogP contribution in [0.25, 0.3) is 0 Å². The molecule has 4 unspecified atom stereocenters. The van der Waals surface area contributed by atoms with Crippen LogP contribution in [0.15, 0.2) is 54.1 Å². The Kier molecular flexibility index (Phi) is 14.1. The van der Waals surface area contributed by atoms with Gasteiger partial charge in [-0.25, -0.2) is 4.79 Å². The lowest BCUT2D eigenvalue weighted by Crippen LogP contribution is -2.56. The standard InChI is InChI=1S/C34H49NO4.C5H12O.C2H6/c1-9-22(2)19-33(8,38)34(24(4)18-27-29(32(27,6)7)25(5)30(34)36)20-23(3)21-39-31(37)28-16-13-17-35(28)26-14-11-10-12-15-26;1-5(2,3)6-4;1-2/h10-12,14-15,20,24-25,27-29,38H,2,9,13,16-19,21H2,1,3-8H3;1-4H3;1-2H3/b23-20-;;/t24-,25?,27?,28+,29+,33?,34?;;/m1../s1. The van der Waals surface area contributed by atoms with Crippen molar-refractivity contribution in [3.05, 3.63) is 54.1 Å². The molecule has 3 aliphatic rings. The monoisotopic (exact) mass is 654 g/mol. The quantitative estimate of drug-likeness (QED) is 0.212. The number of ketones is 1. The van der Waals surface area contributed by atoms with Gasteiger partial charge in [-0.1, -0.05) is 84.9 Å². The van der Waals surface area contributed by atoms with E-state index in [0.29, 0.717) is 18.3 Å². The zero-order chi connectivity index (χ0) is 36.0. The summed E-state index contributed by atoms with van der Waals surface area (Å²) in [5.74, 6) is 0.465. The Morgan fingerprint density at radius 3 is 2.23 bits per heavy atom. The number of Topliss-reactive ketones (excluding diaryl/α,β-unsaturated/α-hetero) is 1. The lowest BCUT2D eigenvalue weighted by molar-refractivity contribution is -0.150. The Morgan fingerprint density at radius 2 is 1.70 bits per heavy atom. The number of carbonyl (C=O) groups excluding carboxylic acids is 2. The largest absolute Gasteiger partial charge is 0.460 e. The zero-order valence-electron chi connectivity index (χ0n) is 32.0. The second kappa shape index (κ2) is 16.3. The van der Waals surface area contributed by atoms with Crippen LogP contribution in [0.5, 0.6) is 0 Å². The van der Waals surface area contributed by atoms with E-state index < -0.39 is 11.0 Å². The summed E-state index contributed by atoms with van der Waals surface area (Å²) in [7, 11) is 1.71. The first kappa shape index (κ1) is 40.7. The molecule has 4 rings (SSSR count). The molecule has 3 fully saturated rings. The van der Waals surface area contributed by atoms with E-state index in [1.807, 2.05) is 98.7 Å². The molecule has 7 atom stereocenters. The minimum atomic E-state index is -1.30. The van der Waals surface area contributed by atoms with E-state index in [4.69, 9.17) is 9.47 Å². The van der Waals surface area contributed by atoms with Crippen molar-refractivity contribution in [2.75, 3.05) is 25.2 Å². The molecule has 1 aromatic carbocycles. The predicted octanol–water partition coefficient (Wildman–Crippen LogP) is 9.21. The van der Waals surface area contributed by atoms with Crippen molar-refractivity contribution >= 4 is 17.4 Å². The van der Waals surface area contributed by atoms with Crippen LogP contribution in [0.1, 0.15) is 115 Å². The van der Waals surface area contributed by atoms with Gasteiger partial charge in [0.1, 0.15) is 18.4 Å². The van der Waals surface area contributed by atoms with Gasteiger partial charge in [0, 0.05) is 25.3 Å². The average molecular weight is 654 g/mol. The number of para-hydroxylation sites is 1. The molecule has 47 heavy (non-hydrogen) atoms. The third kappa shape index (κ3) is 9.17. The van der Waals surface area contributed by atoms with Crippen LogP contribution in [0, 0.1) is 34.5 Å². The summed E-state index contributed by atoms with van der Waals surface area (Å²) in [6.07, 6.45) is 5.68. The summed E-state index contributed by atoms with van der Waals surface area (Å²) in [5.41, 5.74) is 0.581. The lowest BCUT2D eigenvalue weighted by atomic mass is 9.57. The Labute approximate surface area is 287 Å². The van der Waals surface area contributed by atoms with Gasteiger partial charge in [0.05, 0.1) is 16.6 Å². The van der Waals surface area contributed by atoms with E-state index in [2.05, 4.69) is 32.3 Å². The Morgan fingerprint density at radius 1 is 1.13 bits per heavy atom. The number of hydrogen-bond acceptors (Lipinski definition) is 6. The first-order chi connectivity index (χ1) is 21.8. The number of aliphatic hydroxyl groups is 1. The molecule has 0 radical (unpaired) electrons. The van der Waals surface area contributed by atoms with Crippen molar-refractivity contribution < 1.29 is 24.2 Å². The Bertz CT molecular complexity index is 1230. The molecule has 1 heterocycles. The smallest absolute Gasteiger partial charge is 0.329 e. The molecule has 0 spiro atoms. The molecule has 1 aromatic rings. The summed E-state index contributed by atoms with van der Waals surface area (Å²) in [4.78, 5) is 29.8. The molecule has 0 amide bonds. The zero-order valence-corrected chi connectivity index (χ0v) is 32.0. The van der Waals surface area contributed by atoms with Crippen molar-refractivity contribution in [2.45, 2.75) is 132 Å². The van der Waals surface area contributed by atoms with Gasteiger partial charge in [-0.3, -0.25) is 4.79 Å². The highest BCUT2D eigenvalue weighted by Gasteiger charge is 2.68. The number of methoxy groups -OCH3 is 1. The van der Waals surface area contributed by atoms with E-state index in [1.54, 1.807) is 7.11 Å². The maximum Gasteiger partial charge on any atom is 0.329 e. The minimum absolute atomic E-state index is 0.0417. The second-order valence-corrected chi connectivity index (χ2v) is 15.8.